The summed E-state index contributed by atoms with van der Waals surface area (Å²) < 4.78 is 6.38. The Morgan fingerprint density at radius 1 is 0.829 bits per heavy atom. The number of aromatic nitrogens is 1. The standard InChI is InChI=1S/C28H20NO.C8H18NO.Ir/c1-17(2)23-16-19(15-18-9-3-4-10-20(18)23)27-28-26(21-11-5-7-13-24(21)29-27)22-12-6-8-14-25(22)30-28;1-6(2)9-7(3)5-8(4)10;/h3-14,16-17H,1-2H3;6-8,10H,5H2,1-4H3;/q2*-1;. The van der Waals surface area contributed by atoms with Gasteiger partial charge in [-0.1, -0.05) is 100 Å². The van der Waals surface area contributed by atoms with Crippen LogP contribution in [0.1, 0.15) is 59.4 Å². The van der Waals surface area contributed by atoms with Crippen LogP contribution in [0.3, 0.4) is 0 Å². The van der Waals surface area contributed by atoms with Crippen molar-refractivity contribution in [1.82, 2.24) is 4.98 Å². The molecule has 5 heteroatoms. The van der Waals surface area contributed by atoms with Gasteiger partial charge in [0.05, 0.1) is 5.52 Å². The summed E-state index contributed by atoms with van der Waals surface area (Å²) in [6.45, 7) is 12.4. The first kappa shape index (κ1) is 30.9. The third-order valence-corrected chi connectivity index (χ3v) is 7.14. The normalized spacial score (nSPS) is 13.0. The second-order valence-electron chi connectivity index (χ2n) is 11.3. The molecule has 0 saturated heterocycles. The van der Waals surface area contributed by atoms with Gasteiger partial charge in [-0.2, -0.15) is 0 Å². The van der Waals surface area contributed by atoms with Crippen molar-refractivity contribution in [3.8, 4) is 11.3 Å². The van der Waals surface area contributed by atoms with Crippen molar-refractivity contribution in [2.75, 3.05) is 0 Å². The number of pyridine rings is 1. The molecule has 41 heavy (non-hydrogen) atoms. The van der Waals surface area contributed by atoms with Gasteiger partial charge in [0.2, 0.25) is 0 Å². The number of aliphatic hydroxyl groups excluding tert-OH is 1. The van der Waals surface area contributed by atoms with Crippen LogP contribution in [0.25, 0.3) is 60.2 Å². The summed E-state index contributed by atoms with van der Waals surface area (Å²) in [5.74, 6) is 0.398. The van der Waals surface area contributed by atoms with E-state index in [0.29, 0.717) is 18.0 Å². The van der Waals surface area contributed by atoms with E-state index in [1.54, 1.807) is 6.92 Å². The molecule has 2 atom stereocenters. The van der Waals surface area contributed by atoms with Crippen LogP contribution in [0.15, 0.2) is 83.3 Å². The van der Waals surface area contributed by atoms with E-state index in [2.05, 4.69) is 99.7 Å². The fourth-order valence-corrected chi connectivity index (χ4v) is 5.54. The molecule has 2 aromatic heterocycles. The summed E-state index contributed by atoms with van der Waals surface area (Å²) in [6.07, 6.45) is 0.551. The molecule has 1 N–H and O–H groups in total. The summed E-state index contributed by atoms with van der Waals surface area (Å²) in [5, 5.41) is 19.1. The zero-order valence-electron chi connectivity index (χ0n) is 24.6. The summed E-state index contributed by atoms with van der Waals surface area (Å²) >= 11 is 0. The molecular weight excluding hydrogens is 685 g/mol. The topological polar surface area (TPSA) is 60.4 Å². The maximum absolute atomic E-state index is 8.98. The van der Waals surface area contributed by atoms with Crippen LogP contribution in [0.4, 0.5) is 0 Å². The number of benzene rings is 4. The van der Waals surface area contributed by atoms with Gasteiger partial charge >= 0.3 is 0 Å². The molecule has 0 fully saturated rings. The zero-order valence-corrected chi connectivity index (χ0v) is 27.0. The van der Waals surface area contributed by atoms with E-state index in [0.717, 1.165) is 55.9 Å². The molecule has 0 aliphatic heterocycles. The molecule has 4 aromatic carbocycles. The minimum absolute atomic E-state index is 0. The SMILES string of the molecule is CC(C)c1cc(-c2nc3ccccc3c3c2oc2ccccc23)[c-]c2ccccc12.CC(O)CC(C)[N-]C(C)C.[Ir]. The van der Waals surface area contributed by atoms with Gasteiger partial charge in [-0.15, -0.1) is 41.2 Å². The molecule has 2 heterocycles. The van der Waals surface area contributed by atoms with Crippen LogP contribution in [0.5, 0.6) is 0 Å². The first-order valence-electron chi connectivity index (χ1n) is 14.3. The monoisotopic (exact) mass is 723 g/mol. The molecule has 0 aliphatic rings. The van der Waals surface area contributed by atoms with Gasteiger partial charge in [-0.05, 0) is 31.4 Å². The van der Waals surface area contributed by atoms with E-state index in [-0.39, 0.29) is 26.2 Å². The van der Waals surface area contributed by atoms with Crippen molar-refractivity contribution in [2.45, 2.75) is 72.1 Å². The van der Waals surface area contributed by atoms with Crippen LogP contribution in [0.2, 0.25) is 0 Å². The van der Waals surface area contributed by atoms with Crippen molar-refractivity contribution >= 4 is 43.6 Å². The summed E-state index contributed by atoms with van der Waals surface area (Å²) in [5.41, 5.74) is 5.82. The Balaban J connectivity index is 0.000000306. The summed E-state index contributed by atoms with van der Waals surface area (Å²) in [7, 11) is 0. The van der Waals surface area contributed by atoms with Gasteiger partial charge in [-0.3, -0.25) is 4.98 Å². The van der Waals surface area contributed by atoms with Gasteiger partial charge < -0.3 is 14.8 Å². The number of furan rings is 1. The molecule has 1 radical (unpaired) electrons. The van der Waals surface area contributed by atoms with Crippen molar-refractivity contribution in [3.63, 3.8) is 0 Å². The Morgan fingerprint density at radius 3 is 2.15 bits per heavy atom. The molecule has 2 unspecified atom stereocenters. The van der Waals surface area contributed by atoms with E-state index >= 15 is 0 Å². The van der Waals surface area contributed by atoms with E-state index in [4.69, 9.17) is 14.5 Å². The number of aliphatic hydroxyl groups is 1. The van der Waals surface area contributed by atoms with Crippen molar-refractivity contribution in [2.24, 2.45) is 0 Å². The van der Waals surface area contributed by atoms with E-state index in [9.17, 15) is 0 Å². The van der Waals surface area contributed by atoms with E-state index in [1.165, 1.54) is 10.9 Å². The number of fused-ring (bicyclic) bond motifs is 6. The quantitative estimate of drug-likeness (QED) is 0.174. The van der Waals surface area contributed by atoms with Crippen molar-refractivity contribution in [1.29, 1.82) is 0 Å². The van der Waals surface area contributed by atoms with E-state index in [1.807, 2.05) is 25.1 Å². The molecule has 4 nitrogen and oxygen atoms in total. The van der Waals surface area contributed by atoms with Crippen LogP contribution >= 0.6 is 0 Å². The third-order valence-electron chi connectivity index (χ3n) is 7.14. The first-order valence-corrected chi connectivity index (χ1v) is 14.3. The molecule has 0 bridgehead atoms. The Labute approximate surface area is 256 Å². The molecular formula is C36H38IrN2O2-2. The molecule has 0 aliphatic carbocycles. The summed E-state index contributed by atoms with van der Waals surface area (Å²) in [6, 6.07) is 31.5. The van der Waals surface area contributed by atoms with Gasteiger partial charge in [0, 0.05) is 48.1 Å². The Bertz CT molecular complexity index is 1760. The van der Waals surface area contributed by atoms with Gasteiger partial charge in [0.25, 0.3) is 0 Å². The molecule has 0 amide bonds. The second-order valence-corrected chi connectivity index (χ2v) is 11.3. The predicted molar refractivity (Wildman–Crippen MR) is 169 cm³/mol. The van der Waals surface area contributed by atoms with Crippen LogP contribution in [0, 0.1) is 6.07 Å². The fraction of sp³-hybridized carbons (Fsp3) is 0.306. The average Bonchev–Trinajstić information content (AvgIpc) is 3.31. The Hall–Kier alpha value is -3.08. The Kier molecular flexibility index (Phi) is 9.99. The minimum atomic E-state index is -0.225. The number of hydrogen-bond donors (Lipinski definition) is 1. The fourth-order valence-electron chi connectivity index (χ4n) is 5.54. The molecule has 0 spiro atoms. The maximum Gasteiger partial charge on any atom is 0.134 e. The zero-order chi connectivity index (χ0) is 28.4. The molecule has 6 aromatic rings. The summed E-state index contributed by atoms with van der Waals surface area (Å²) in [4.78, 5) is 5.05. The average molecular weight is 723 g/mol. The smallest absolute Gasteiger partial charge is 0.134 e. The van der Waals surface area contributed by atoms with E-state index < -0.39 is 0 Å². The van der Waals surface area contributed by atoms with Crippen LogP contribution < -0.4 is 0 Å². The number of para-hydroxylation sites is 2. The number of nitrogens with zero attached hydrogens (tertiary/aromatic N) is 2. The number of rotatable bonds is 6. The predicted octanol–water partition coefficient (Wildman–Crippen LogP) is 9.80. The minimum Gasteiger partial charge on any atom is -0.657 e. The van der Waals surface area contributed by atoms with Crippen LogP contribution in [-0.2, 0) is 20.1 Å². The molecule has 6 rings (SSSR count). The Morgan fingerprint density at radius 2 is 1.46 bits per heavy atom. The molecule has 215 valence electrons. The van der Waals surface area contributed by atoms with Gasteiger partial charge in [-0.25, -0.2) is 0 Å². The van der Waals surface area contributed by atoms with Gasteiger partial charge in [0.1, 0.15) is 11.2 Å². The van der Waals surface area contributed by atoms with Crippen molar-refractivity contribution < 1.29 is 29.6 Å². The van der Waals surface area contributed by atoms with Crippen LogP contribution in [-0.4, -0.2) is 28.3 Å². The molecule has 0 saturated carbocycles. The number of hydrogen-bond acceptors (Lipinski definition) is 3. The second kappa shape index (κ2) is 13.3. The van der Waals surface area contributed by atoms with Gasteiger partial charge in [0.15, 0.2) is 0 Å². The first-order chi connectivity index (χ1) is 19.2. The third kappa shape index (κ3) is 6.71. The largest absolute Gasteiger partial charge is 0.657 e. The maximum atomic E-state index is 8.98. The van der Waals surface area contributed by atoms with Crippen molar-refractivity contribution in [3.05, 3.63) is 95.8 Å².